The molecule has 0 saturated carbocycles. The lowest BCUT2D eigenvalue weighted by Gasteiger charge is -2.27. The van der Waals surface area contributed by atoms with Crippen LogP contribution in [0.1, 0.15) is 16.7 Å². The first kappa shape index (κ1) is 17.5. The van der Waals surface area contributed by atoms with Crippen LogP contribution in [0.2, 0.25) is 0 Å². The summed E-state index contributed by atoms with van der Waals surface area (Å²) in [5.74, 6) is 1.59. The number of hydrogen-bond acceptors (Lipinski definition) is 5. The molecule has 1 amide bonds. The van der Waals surface area contributed by atoms with Crippen molar-refractivity contribution >= 4 is 5.91 Å². The highest BCUT2D eigenvalue weighted by atomic mass is 16.7. The van der Waals surface area contributed by atoms with Crippen molar-refractivity contribution in [1.82, 2.24) is 4.90 Å². The van der Waals surface area contributed by atoms with E-state index in [1.807, 2.05) is 35.2 Å². The number of ether oxygens (including phenoxy) is 4. The molecule has 1 saturated heterocycles. The van der Waals surface area contributed by atoms with E-state index < -0.39 is 0 Å². The summed E-state index contributed by atoms with van der Waals surface area (Å²) in [6.45, 7) is 2.31. The zero-order valence-electron chi connectivity index (χ0n) is 15.6. The Balaban J connectivity index is 1.34. The standard InChI is InChI=1S/C22H23NO5/c24-22(18-10-16-3-1-2-4-17(16)11-18)23(13-21-25-7-8-26-21)12-15-5-6-19-20(9-15)28-14-27-19/h1-6,9,18,21H,7-8,10-14H2. The molecule has 0 spiro atoms. The Kier molecular flexibility index (Phi) is 4.66. The average molecular weight is 381 g/mol. The molecule has 28 heavy (non-hydrogen) atoms. The molecule has 2 aromatic carbocycles. The van der Waals surface area contributed by atoms with Gasteiger partial charge in [-0.2, -0.15) is 0 Å². The summed E-state index contributed by atoms with van der Waals surface area (Å²) in [5, 5.41) is 0. The molecule has 2 aliphatic heterocycles. The monoisotopic (exact) mass is 381 g/mol. The van der Waals surface area contributed by atoms with Gasteiger partial charge >= 0.3 is 0 Å². The lowest BCUT2D eigenvalue weighted by Crippen LogP contribution is -2.41. The van der Waals surface area contributed by atoms with Crippen molar-refractivity contribution in [2.24, 2.45) is 5.92 Å². The van der Waals surface area contributed by atoms with Crippen LogP contribution in [-0.2, 0) is 33.7 Å². The Morgan fingerprint density at radius 1 is 0.964 bits per heavy atom. The van der Waals surface area contributed by atoms with E-state index in [1.54, 1.807) is 0 Å². The normalized spacial score (nSPS) is 18.4. The van der Waals surface area contributed by atoms with Crippen LogP contribution in [0.15, 0.2) is 42.5 Å². The molecule has 2 heterocycles. The summed E-state index contributed by atoms with van der Waals surface area (Å²) >= 11 is 0. The molecule has 6 nitrogen and oxygen atoms in total. The highest BCUT2D eigenvalue weighted by Crippen LogP contribution is 2.33. The average Bonchev–Trinajstić information content (AvgIpc) is 3.46. The molecule has 1 fully saturated rings. The van der Waals surface area contributed by atoms with Crippen molar-refractivity contribution in [2.45, 2.75) is 25.7 Å². The summed E-state index contributed by atoms with van der Waals surface area (Å²) in [6, 6.07) is 14.1. The molecule has 1 aliphatic carbocycles. The van der Waals surface area contributed by atoms with Gasteiger partial charge in [0.15, 0.2) is 17.8 Å². The van der Waals surface area contributed by atoms with E-state index in [1.165, 1.54) is 11.1 Å². The van der Waals surface area contributed by atoms with Crippen molar-refractivity contribution in [3.8, 4) is 11.5 Å². The van der Waals surface area contributed by atoms with Crippen molar-refractivity contribution in [3.63, 3.8) is 0 Å². The zero-order valence-corrected chi connectivity index (χ0v) is 15.6. The molecule has 0 bridgehead atoms. The maximum atomic E-state index is 13.4. The van der Waals surface area contributed by atoms with Gasteiger partial charge in [-0.1, -0.05) is 30.3 Å². The van der Waals surface area contributed by atoms with Crippen LogP contribution < -0.4 is 9.47 Å². The molecule has 6 heteroatoms. The van der Waals surface area contributed by atoms with Crippen LogP contribution in [-0.4, -0.2) is 43.6 Å². The van der Waals surface area contributed by atoms with Gasteiger partial charge in [-0.15, -0.1) is 0 Å². The molecular formula is C22H23NO5. The fraction of sp³-hybridized carbons (Fsp3) is 0.409. The number of rotatable bonds is 5. The van der Waals surface area contributed by atoms with E-state index in [9.17, 15) is 4.79 Å². The largest absolute Gasteiger partial charge is 0.454 e. The molecule has 146 valence electrons. The smallest absolute Gasteiger partial charge is 0.231 e. The van der Waals surface area contributed by atoms with Crippen LogP contribution in [0.3, 0.4) is 0 Å². The van der Waals surface area contributed by atoms with Crippen molar-refractivity contribution in [1.29, 1.82) is 0 Å². The zero-order chi connectivity index (χ0) is 18.9. The van der Waals surface area contributed by atoms with E-state index in [0.717, 1.165) is 29.9 Å². The second-order valence-electron chi connectivity index (χ2n) is 7.45. The van der Waals surface area contributed by atoms with Gasteiger partial charge in [-0.05, 0) is 41.7 Å². The molecule has 0 aromatic heterocycles. The summed E-state index contributed by atoms with van der Waals surface area (Å²) in [4.78, 5) is 15.3. The van der Waals surface area contributed by atoms with Crippen LogP contribution in [0, 0.1) is 5.92 Å². The summed E-state index contributed by atoms with van der Waals surface area (Å²) in [5.41, 5.74) is 3.56. The summed E-state index contributed by atoms with van der Waals surface area (Å²) < 4.78 is 22.1. The molecule has 2 aromatic rings. The Hall–Kier alpha value is -2.57. The maximum absolute atomic E-state index is 13.4. The first-order valence-corrected chi connectivity index (χ1v) is 9.73. The molecule has 0 radical (unpaired) electrons. The first-order chi connectivity index (χ1) is 13.8. The Labute approximate surface area is 163 Å². The van der Waals surface area contributed by atoms with Gasteiger partial charge in [0.2, 0.25) is 12.7 Å². The number of hydrogen-bond donors (Lipinski definition) is 0. The van der Waals surface area contributed by atoms with Crippen molar-refractivity contribution < 1.29 is 23.7 Å². The van der Waals surface area contributed by atoms with Crippen LogP contribution in [0.25, 0.3) is 0 Å². The van der Waals surface area contributed by atoms with Gasteiger partial charge in [-0.25, -0.2) is 0 Å². The fourth-order valence-corrected chi connectivity index (χ4v) is 4.18. The lowest BCUT2D eigenvalue weighted by atomic mass is 10.0. The molecule has 0 unspecified atom stereocenters. The van der Waals surface area contributed by atoms with Crippen LogP contribution >= 0.6 is 0 Å². The Morgan fingerprint density at radius 3 is 2.43 bits per heavy atom. The molecule has 0 N–H and O–H groups in total. The minimum Gasteiger partial charge on any atom is -0.454 e. The molecule has 0 atom stereocenters. The number of nitrogens with zero attached hydrogens (tertiary/aromatic N) is 1. The van der Waals surface area contributed by atoms with Crippen molar-refractivity contribution in [3.05, 3.63) is 59.2 Å². The summed E-state index contributed by atoms with van der Waals surface area (Å²) in [7, 11) is 0. The third kappa shape index (κ3) is 3.45. The number of carbonyl (C=O) groups excluding carboxylic acids is 1. The predicted molar refractivity (Wildman–Crippen MR) is 101 cm³/mol. The highest BCUT2D eigenvalue weighted by molar-refractivity contribution is 5.80. The highest BCUT2D eigenvalue weighted by Gasteiger charge is 2.32. The van der Waals surface area contributed by atoms with Gasteiger partial charge in [0.1, 0.15) is 0 Å². The Morgan fingerprint density at radius 2 is 1.68 bits per heavy atom. The van der Waals surface area contributed by atoms with Gasteiger partial charge in [0.05, 0.1) is 19.8 Å². The lowest BCUT2D eigenvalue weighted by molar-refractivity contribution is -0.142. The quantitative estimate of drug-likeness (QED) is 0.797. The van der Waals surface area contributed by atoms with Gasteiger partial charge in [0, 0.05) is 12.5 Å². The van der Waals surface area contributed by atoms with Crippen molar-refractivity contribution in [2.75, 3.05) is 26.6 Å². The SMILES string of the molecule is O=C(C1Cc2ccccc2C1)N(Cc1ccc2c(c1)OCO2)CC1OCCO1. The minimum atomic E-state index is -0.360. The van der Waals surface area contributed by atoms with E-state index in [4.69, 9.17) is 18.9 Å². The van der Waals surface area contributed by atoms with E-state index in [0.29, 0.717) is 26.3 Å². The van der Waals surface area contributed by atoms with Crippen LogP contribution in [0.5, 0.6) is 11.5 Å². The van der Waals surface area contributed by atoms with Gasteiger partial charge in [-0.3, -0.25) is 4.79 Å². The minimum absolute atomic E-state index is 0.0344. The molecular weight excluding hydrogens is 358 g/mol. The number of amides is 1. The van der Waals surface area contributed by atoms with E-state index in [2.05, 4.69) is 12.1 Å². The summed E-state index contributed by atoms with van der Waals surface area (Å²) in [6.07, 6.45) is 1.22. The topological polar surface area (TPSA) is 57.2 Å². The fourth-order valence-electron chi connectivity index (χ4n) is 4.18. The second-order valence-corrected chi connectivity index (χ2v) is 7.45. The van der Waals surface area contributed by atoms with Gasteiger partial charge in [0.25, 0.3) is 0 Å². The van der Waals surface area contributed by atoms with Gasteiger partial charge < -0.3 is 23.8 Å². The number of fused-ring (bicyclic) bond motifs is 2. The molecule has 5 rings (SSSR count). The molecule has 3 aliphatic rings. The second kappa shape index (κ2) is 7.45. The Bertz CT molecular complexity index is 852. The predicted octanol–water partition coefficient (Wildman–Crippen LogP) is 2.53. The van der Waals surface area contributed by atoms with Crippen LogP contribution in [0.4, 0.5) is 0 Å². The third-order valence-corrected chi connectivity index (χ3v) is 5.58. The third-order valence-electron chi connectivity index (χ3n) is 5.58. The number of carbonyl (C=O) groups is 1. The van der Waals surface area contributed by atoms with E-state index >= 15 is 0 Å². The maximum Gasteiger partial charge on any atom is 0.231 e. The number of benzene rings is 2. The first-order valence-electron chi connectivity index (χ1n) is 9.73. The van der Waals surface area contributed by atoms with E-state index in [-0.39, 0.29) is 24.9 Å².